The van der Waals surface area contributed by atoms with Crippen molar-refractivity contribution in [3.8, 4) is 0 Å². The van der Waals surface area contributed by atoms with Crippen molar-refractivity contribution in [3.05, 3.63) is 35.9 Å². The normalized spacial score (nSPS) is 15.7. The second kappa shape index (κ2) is 5.74. The molecule has 1 rings (SSSR count). The highest BCUT2D eigenvalue weighted by atomic mass is 28.4. The van der Waals surface area contributed by atoms with E-state index >= 15 is 0 Å². The monoisotopic (exact) mass is 288 g/mol. The first kappa shape index (κ1) is 15.0. The van der Waals surface area contributed by atoms with Gasteiger partial charge in [-0.1, -0.05) is 30.3 Å². The molecule has 0 bridgehead atoms. The summed E-state index contributed by atoms with van der Waals surface area (Å²) in [6.07, 6.45) is -5.25. The molecule has 3 nitrogen and oxygen atoms in total. The fourth-order valence-corrected chi connectivity index (χ4v) is 2.87. The van der Waals surface area contributed by atoms with Crippen LogP contribution in [0.4, 0.5) is 22.0 Å². The molecule has 0 spiro atoms. The molecule has 0 aliphatic heterocycles. The van der Waals surface area contributed by atoms with Crippen molar-refractivity contribution in [1.29, 1.82) is 0 Å². The van der Waals surface area contributed by atoms with Gasteiger partial charge in [0, 0.05) is 6.04 Å². The maximum Gasteiger partial charge on any atom is 0.516 e. The van der Waals surface area contributed by atoms with Gasteiger partial charge in [0.15, 0.2) is 0 Å². The van der Waals surface area contributed by atoms with Gasteiger partial charge in [-0.15, -0.1) is 13.2 Å². The summed E-state index contributed by atoms with van der Waals surface area (Å²) in [6.45, 7) is -3.55. The van der Waals surface area contributed by atoms with Crippen LogP contribution in [0.25, 0.3) is 0 Å². The summed E-state index contributed by atoms with van der Waals surface area (Å²) in [6, 6.07) is 6.54. The lowest BCUT2D eigenvalue weighted by atomic mass is 10.2. The number of hydrogen-bond acceptors (Lipinski definition) is 3. The molecule has 0 aliphatic carbocycles. The summed E-state index contributed by atoms with van der Waals surface area (Å²) < 4.78 is 67.1. The number of hydrogen-bond donors (Lipinski definition) is 1. The van der Waals surface area contributed by atoms with Gasteiger partial charge in [0.05, 0.1) is 0 Å². The minimum absolute atomic E-state index is 0.205. The van der Waals surface area contributed by atoms with Crippen LogP contribution in [0.1, 0.15) is 5.56 Å². The van der Waals surface area contributed by atoms with E-state index in [0.717, 1.165) is 0 Å². The van der Waals surface area contributed by atoms with Crippen molar-refractivity contribution < 1.29 is 35.6 Å². The van der Waals surface area contributed by atoms with E-state index < -0.39 is 27.8 Å². The molecule has 9 heteroatoms. The molecule has 0 aromatic heterocycles. The van der Waals surface area contributed by atoms with Crippen LogP contribution in [0.3, 0.4) is 0 Å². The quantitative estimate of drug-likeness (QED) is 0.668. The minimum Gasteiger partial charge on any atom is -0.389 e. The average Bonchev–Trinajstić information content (AvgIpc) is 2.13. The fourth-order valence-electron chi connectivity index (χ4n) is 1.28. The molecule has 1 unspecified atom stereocenters. The van der Waals surface area contributed by atoms with Gasteiger partial charge in [0.1, 0.15) is 0 Å². The molecule has 1 aromatic rings. The first-order valence-electron chi connectivity index (χ1n) is 4.69. The molecule has 0 saturated carbocycles. The van der Waals surface area contributed by atoms with E-state index in [0.29, 0.717) is 0 Å². The SMILES string of the molecule is O[Si](Cc1ccccc1)(OC(F)F)OC(F)(F)F. The van der Waals surface area contributed by atoms with Crippen LogP contribution in [0.5, 0.6) is 0 Å². The molecular formula is C9H9F5O3Si. The molecule has 0 radical (unpaired) electrons. The molecular weight excluding hydrogens is 279 g/mol. The van der Waals surface area contributed by atoms with Gasteiger partial charge in [0.2, 0.25) is 0 Å². The Labute approximate surface area is 100 Å². The lowest BCUT2D eigenvalue weighted by molar-refractivity contribution is -0.301. The summed E-state index contributed by atoms with van der Waals surface area (Å²) in [5, 5.41) is 0. The Morgan fingerprint density at radius 1 is 1.17 bits per heavy atom. The Kier molecular flexibility index (Phi) is 4.79. The Morgan fingerprint density at radius 3 is 2.17 bits per heavy atom. The Hall–Kier alpha value is -1.03. The fraction of sp³-hybridized carbons (Fsp3) is 0.333. The molecule has 0 aliphatic rings. The van der Waals surface area contributed by atoms with Gasteiger partial charge >= 0.3 is 21.8 Å². The number of benzene rings is 1. The third-order valence-corrected chi connectivity index (χ3v) is 3.77. The maximum atomic E-state index is 12.0. The average molecular weight is 288 g/mol. The Bertz CT molecular complexity index is 372. The van der Waals surface area contributed by atoms with Crippen molar-refractivity contribution in [2.45, 2.75) is 19.0 Å². The number of alkyl halides is 5. The number of rotatable bonds is 5. The van der Waals surface area contributed by atoms with E-state index in [1.165, 1.54) is 24.3 Å². The molecule has 0 amide bonds. The lowest BCUT2D eigenvalue weighted by Crippen LogP contribution is -2.50. The summed E-state index contributed by atoms with van der Waals surface area (Å²) in [7, 11) is -5.06. The van der Waals surface area contributed by atoms with Crippen molar-refractivity contribution >= 4 is 8.80 Å². The zero-order chi connectivity index (χ0) is 13.8. The largest absolute Gasteiger partial charge is 0.516 e. The second-order valence-corrected chi connectivity index (χ2v) is 5.52. The van der Waals surface area contributed by atoms with Gasteiger partial charge < -0.3 is 9.22 Å². The molecule has 1 N–H and O–H groups in total. The smallest absolute Gasteiger partial charge is 0.389 e. The van der Waals surface area contributed by atoms with Gasteiger partial charge in [-0.3, -0.25) is 4.43 Å². The third-order valence-electron chi connectivity index (χ3n) is 1.82. The van der Waals surface area contributed by atoms with Crippen LogP contribution in [-0.2, 0) is 14.9 Å². The molecule has 18 heavy (non-hydrogen) atoms. The van der Waals surface area contributed by atoms with Crippen LogP contribution >= 0.6 is 0 Å². The van der Waals surface area contributed by atoms with Crippen LogP contribution in [-0.4, -0.2) is 26.6 Å². The summed E-state index contributed by atoms with van der Waals surface area (Å²) in [5.74, 6) is 0. The topological polar surface area (TPSA) is 38.7 Å². The van der Waals surface area contributed by atoms with E-state index in [-0.39, 0.29) is 5.56 Å². The predicted molar refractivity (Wildman–Crippen MR) is 52.3 cm³/mol. The molecule has 1 aromatic carbocycles. The van der Waals surface area contributed by atoms with Gasteiger partial charge in [-0.05, 0) is 5.56 Å². The van der Waals surface area contributed by atoms with E-state index in [4.69, 9.17) is 0 Å². The Balaban J connectivity index is 2.84. The van der Waals surface area contributed by atoms with Crippen molar-refractivity contribution in [2.75, 3.05) is 0 Å². The molecule has 102 valence electrons. The van der Waals surface area contributed by atoms with Gasteiger partial charge in [-0.2, -0.15) is 8.78 Å². The third kappa shape index (κ3) is 5.54. The first-order chi connectivity index (χ1) is 8.20. The van der Waals surface area contributed by atoms with Crippen LogP contribution < -0.4 is 0 Å². The lowest BCUT2D eigenvalue weighted by Gasteiger charge is -2.24. The minimum atomic E-state index is -5.25. The standard InChI is InChI=1S/C9H9F5O3Si/c10-8(11)16-18(15,17-9(12,13)14)6-7-4-2-1-3-5-7/h1-5,8,15H,6H2. The highest BCUT2D eigenvalue weighted by Crippen LogP contribution is 2.25. The second-order valence-electron chi connectivity index (χ2n) is 3.30. The summed E-state index contributed by atoms with van der Waals surface area (Å²) in [4.78, 5) is 9.47. The summed E-state index contributed by atoms with van der Waals surface area (Å²) >= 11 is 0. The van der Waals surface area contributed by atoms with E-state index in [1.807, 2.05) is 0 Å². The highest BCUT2D eigenvalue weighted by Gasteiger charge is 2.50. The molecule has 1 atom stereocenters. The van der Waals surface area contributed by atoms with E-state index in [1.54, 1.807) is 6.07 Å². The van der Waals surface area contributed by atoms with Crippen molar-refractivity contribution in [3.63, 3.8) is 0 Å². The van der Waals surface area contributed by atoms with Gasteiger partial charge in [0.25, 0.3) is 0 Å². The van der Waals surface area contributed by atoms with Crippen molar-refractivity contribution in [2.24, 2.45) is 0 Å². The maximum absolute atomic E-state index is 12.0. The van der Waals surface area contributed by atoms with E-state index in [2.05, 4.69) is 8.85 Å². The van der Waals surface area contributed by atoms with Crippen molar-refractivity contribution in [1.82, 2.24) is 0 Å². The van der Waals surface area contributed by atoms with Crippen LogP contribution in [0, 0.1) is 0 Å². The van der Waals surface area contributed by atoms with Crippen LogP contribution in [0.15, 0.2) is 30.3 Å². The highest BCUT2D eigenvalue weighted by molar-refractivity contribution is 6.58. The summed E-state index contributed by atoms with van der Waals surface area (Å²) in [5.41, 5.74) is 0.205. The Morgan fingerprint density at radius 2 is 1.72 bits per heavy atom. The molecule has 0 fully saturated rings. The van der Waals surface area contributed by atoms with Gasteiger partial charge in [-0.25, -0.2) is 0 Å². The van der Waals surface area contributed by atoms with Crippen LogP contribution in [0.2, 0.25) is 0 Å². The number of halogens is 5. The first-order valence-corrected chi connectivity index (χ1v) is 6.66. The zero-order valence-electron chi connectivity index (χ0n) is 8.82. The molecule has 0 heterocycles. The zero-order valence-corrected chi connectivity index (χ0v) is 9.82. The van der Waals surface area contributed by atoms with E-state index in [9.17, 15) is 26.7 Å². The molecule has 0 saturated heterocycles. The predicted octanol–water partition coefficient (Wildman–Crippen LogP) is 2.48.